The van der Waals surface area contributed by atoms with E-state index in [2.05, 4.69) is 16.6 Å². The Morgan fingerprint density at radius 1 is 1.44 bits per heavy atom. The van der Waals surface area contributed by atoms with E-state index in [0.717, 1.165) is 11.3 Å². The molecule has 0 saturated carbocycles. The first kappa shape index (κ1) is 13.9. The molecule has 4 nitrogen and oxygen atoms in total. The molecular weight excluding hydrogens is 228 g/mol. The van der Waals surface area contributed by atoms with Gasteiger partial charge in [0.1, 0.15) is 5.75 Å². The maximum Gasteiger partial charge on any atom is 0.316 e. The van der Waals surface area contributed by atoms with Gasteiger partial charge < -0.3 is 15.4 Å². The van der Waals surface area contributed by atoms with Crippen molar-refractivity contribution in [3.8, 4) is 18.1 Å². The minimum atomic E-state index is -0.269. The molecule has 0 fully saturated rings. The maximum atomic E-state index is 11.4. The third-order valence-electron chi connectivity index (χ3n) is 2.39. The number of rotatable bonds is 5. The summed E-state index contributed by atoms with van der Waals surface area (Å²) in [5, 5.41) is 5.35. The SMILES string of the molecule is C#CCNC(=O)N[C@@H](C)c1ccc(OCC)cc1. The van der Waals surface area contributed by atoms with E-state index in [4.69, 9.17) is 11.2 Å². The molecule has 2 N–H and O–H groups in total. The summed E-state index contributed by atoms with van der Waals surface area (Å²) in [6.45, 7) is 4.71. The molecule has 1 aromatic carbocycles. The van der Waals surface area contributed by atoms with Gasteiger partial charge in [-0.25, -0.2) is 4.79 Å². The summed E-state index contributed by atoms with van der Waals surface area (Å²) in [5.41, 5.74) is 1.01. The van der Waals surface area contributed by atoms with Gasteiger partial charge in [-0.05, 0) is 31.5 Å². The van der Waals surface area contributed by atoms with Crippen molar-refractivity contribution in [1.82, 2.24) is 10.6 Å². The highest BCUT2D eigenvalue weighted by molar-refractivity contribution is 5.74. The van der Waals surface area contributed by atoms with E-state index >= 15 is 0 Å². The zero-order valence-corrected chi connectivity index (χ0v) is 10.7. The van der Waals surface area contributed by atoms with E-state index in [1.165, 1.54) is 0 Å². The lowest BCUT2D eigenvalue weighted by Gasteiger charge is -2.15. The highest BCUT2D eigenvalue weighted by Gasteiger charge is 2.08. The number of urea groups is 1. The van der Waals surface area contributed by atoms with Crippen LogP contribution in [0.15, 0.2) is 24.3 Å². The predicted molar refractivity (Wildman–Crippen MR) is 71.4 cm³/mol. The second-order valence-corrected chi connectivity index (χ2v) is 3.75. The molecule has 0 aromatic heterocycles. The number of benzene rings is 1. The molecule has 2 amide bonds. The maximum absolute atomic E-state index is 11.4. The van der Waals surface area contributed by atoms with Gasteiger partial charge >= 0.3 is 6.03 Å². The molecule has 4 heteroatoms. The smallest absolute Gasteiger partial charge is 0.316 e. The fourth-order valence-corrected chi connectivity index (χ4v) is 1.48. The lowest BCUT2D eigenvalue weighted by molar-refractivity contribution is 0.239. The summed E-state index contributed by atoms with van der Waals surface area (Å²) in [6, 6.07) is 7.27. The first-order valence-electron chi connectivity index (χ1n) is 5.88. The largest absolute Gasteiger partial charge is 0.494 e. The molecule has 1 atom stereocenters. The van der Waals surface area contributed by atoms with Crippen LogP contribution in [0.1, 0.15) is 25.5 Å². The average Bonchev–Trinajstić information content (AvgIpc) is 2.37. The van der Waals surface area contributed by atoms with Crippen LogP contribution in [0.3, 0.4) is 0 Å². The van der Waals surface area contributed by atoms with Gasteiger partial charge in [0.05, 0.1) is 19.2 Å². The first-order valence-corrected chi connectivity index (χ1v) is 5.88. The quantitative estimate of drug-likeness (QED) is 0.781. The Morgan fingerprint density at radius 2 is 2.11 bits per heavy atom. The molecule has 1 aromatic rings. The van der Waals surface area contributed by atoms with Crippen molar-refractivity contribution >= 4 is 6.03 Å². The number of carbonyl (C=O) groups excluding carboxylic acids is 1. The molecule has 0 bridgehead atoms. The second-order valence-electron chi connectivity index (χ2n) is 3.75. The molecule has 0 saturated heterocycles. The Kier molecular flexibility index (Phi) is 5.59. The minimum Gasteiger partial charge on any atom is -0.494 e. The zero-order chi connectivity index (χ0) is 13.4. The summed E-state index contributed by atoms with van der Waals surface area (Å²) in [6.07, 6.45) is 5.06. The van der Waals surface area contributed by atoms with E-state index in [-0.39, 0.29) is 18.6 Å². The van der Waals surface area contributed by atoms with Gasteiger partial charge in [0, 0.05) is 0 Å². The van der Waals surface area contributed by atoms with Gasteiger partial charge in [-0.2, -0.15) is 0 Å². The van der Waals surface area contributed by atoms with Crippen LogP contribution in [0.2, 0.25) is 0 Å². The molecule has 0 spiro atoms. The van der Waals surface area contributed by atoms with Crippen molar-refractivity contribution in [2.24, 2.45) is 0 Å². The van der Waals surface area contributed by atoms with Gasteiger partial charge in [0.15, 0.2) is 0 Å². The van der Waals surface area contributed by atoms with Crippen LogP contribution in [-0.4, -0.2) is 19.2 Å². The molecule has 0 unspecified atom stereocenters. The predicted octanol–water partition coefficient (Wildman–Crippen LogP) is 2.08. The first-order chi connectivity index (χ1) is 8.67. The lowest BCUT2D eigenvalue weighted by atomic mass is 10.1. The minimum absolute atomic E-state index is 0.0848. The number of carbonyl (C=O) groups is 1. The van der Waals surface area contributed by atoms with E-state index in [9.17, 15) is 4.79 Å². The topological polar surface area (TPSA) is 50.4 Å². The Labute approximate surface area is 108 Å². The highest BCUT2D eigenvalue weighted by atomic mass is 16.5. The van der Waals surface area contributed by atoms with Crippen LogP contribution in [0.4, 0.5) is 4.79 Å². The molecule has 0 aliphatic carbocycles. The number of hydrogen-bond acceptors (Lipinski definition) is 2. The van der Waals surface area contributed by atoms with Gasteiger partial charge in [-0.3, -0.25) is 0 Å². The molecule has 0 heterocycles. The van der Waals surface area contributed by atoms with Crippen LogP contribution < -0.4 is 15.4 Å². The van der Waals surface area contributed by atoms with Crippen LogP contribution in [0.25, 0.3) is 0 Å². The molecule has 0 aliphatic heterocycles. The second kappa shape index (κ2) is 7.23. The van der Waals surface area contributed by atoms with Crippen LogP contribution in [0, 0.1) is 12.3 Å². The fraction of sp³-hybridized carbons (Fsp3) is 0.357. The van der Waals surface area contributed by atoms with Crippen LogP contribution in [0.5, 0.6) is 5.75 Å². The van der Waals surface area contributed by atoms with E-state index < -0.39 is 0 Å². The molecular formula is C14H18N2O2. The summed E-state index contributed by atoms with van der Waals surface area (Å²) < 4.78 is 5.35. The number of hydrogen-bond donors (Lipinski definition) is 2. The van der Waals surface area contributed by atoms with Gasteiger partial charge in [0.2, 0.25) is 0 Å². The Morgan fingerprint density at radius 3 is 2.67 bits per heavy atom. The number of terminal acetylenes is 1. The van der Waals surface area contributed by atoms with Gasteiger partial charge in [-0.15, -0.1) is 6.42 Å². The van der Waals surface area contributed by atoms with Crippen molar-refractivity contribution < 1.29 is 9.53 Å². The normalized spacial score (nSPS) is 11.2. The zero-order valence-electron chi connectivity index (χ0n) is 10.7. The Balaban J connectivity index is 2.53. The van der Waals surface area contributed by atoms with E-state index in [1.807, 2.05) is 38.1 Å². The number of amides is 2. The summed E-state index contributed by atoms with van der Waals surface area (Å²) in [5.74, 6) is 3.17. The lowest BCUT2D eigenvalue weighted by Crippen LogP contribution is -2.37. The number of ether oxygens (including phenoxy) is 1. The third-order valence-corrected chi connectivity index (χ3v) is 2.39. The van der Waals surface area contributed by atoms with Crippen molar-refractivity contribution in [2.45, 2.75) is 19.9 Å². The van der Waals surface area contributed by atoms with Crippen molar-refractivity contribution in [3.63, 3.8) is 0 Å². The molecule has 18 heavy (non-hydrogen) atoms. The van der Waals surface area contributed by atoms with Crippen molar-refractivity contribution in [2.75, 3.05) is 13.2 Å². The monoisotopic (exact) mass is 246 g/mol. The Bertz CT molecular complexity index is 420. The molecule has 0 radical (unpaired) electrons. The van der Waals surface area contributed by atoms with Gasteiger partial charge in [-0.1, -0.05) is 18.1 Å². The molecule has 1 rings (SSSR count). The summed E-state index contributed by atoms with van der Waals surface area (Å²) in [7, 11) is 0. The van der Waals surface area contributed by atoms with Crippen molar-refractivity contribution in [1.29, 1.82) is 0 Å². The Hall–Kier alpha value is -2.15. The van der Waals surface area contributed by atoms with E-state index in [1.54, 1.807) is 0 Å². The fourth-order valence-electron chi connectivity index (χ4n) is 1.48. The van der Waals surface area contributed by atoms with Crippen LogP contribution >= 0.6 is 0 Å². The van der Waals surface area contributed by atoms with E-state index in [0.29, 0.717) is 6.61 Å². The van der Waals surface area contributed by atoms with Crippen molar-refractivity contribution in [3.05, 3.63) is 29.8 Å². The standard InChI is InChI=1S/C14H18N2O2/c1-4-10-15-14(17)16-11(3)12-6-8-13(9-7-12)18-5-2/h1,6-9,11H,5,10H2,2-3H3,(H2,15,16,17)/t11-/m0/s1. The molecule has 96 valence electrons. The average molecular weight is 246 g/mol. The highest BCUT2D eigenvalue weighted by Crippen LogP contribution is 2.17. The number of nitrogens with one attached hydrogen (secondary N) is 2. The summed E-state index contributed by atoms with van der Waals surface area (Å²) in [4.78, 5) is 11.4. The third kappa shape index (κ3) is 4.38. The molecule has 0 aliphatic rings. The van der Waals surface area contributed by atoms with Crippen LogP contribution in [-0.2, 0) is 0 Å². The summed E-state index contributed by atoms with van der Waals surface area (Å²) >= 11 is 0. The van der Waals surface area contributed by atoms with Gasteiger partial charge in [0.25, 0.3) is 0 Å².